The summed E-state index contributed by atoms with van der Waals surface area (Å²) in [5, 5.41) is 1.88. The maximum Gasteiger partial charge on any atom is 0.257 e. The molecule has 7 nitrogen and oxygen atoms in total. The zero-order chi connectivity index (χ0) is 28.5. The van der Waals surface area contributed by atoms with E-state index in [-0.39, 0.29) is 5.91 Å². The summed E-state index contributed by atoms with van der Waals surface area (Å²) in [5.41, 5.74) is 9.77. The SMILES string of the molecule is C=C/C=c1/cc(-c2ccc(OCCN3CCCC3)cc2)n(Cc2ccc(C(=O)N(C)CCC)c(OC)c2)/c1=C/N. The normalized spacial score (nSPS) is 14.5. The highest BCUT2D eigenvalue weighted by molar-refractivity contribution is 5.96. The molecule has 1 fully saturated rings. The Morgan fingerprint density at radius 1 is 1.12 bits per heavy atom. The molecule has 40 heavy (non-hydrogen) atoms. The third kappa shape index (κ3) is 6.77. The van der Waals surface area contributed by atoms with E-state index in [2.05, 4.69) is 41.2 Å². The summed E-state index contributed by atoms with van der Waals surface area (Å²) in [7, 11) is 3.41. The van der Waals surface area contributed by atoms with Gasteiger partial charge in [-0.3, -0.25) is 9.69 Å². The van der Waals surface area contributed by atoms with Crippen LogP contribution in [0.15, 0.2) is 61.2 Å². The molecule has 2 N–H and O–H groups in total. The molecule has 0 radical (unpaired) electrons. The Bertz CT molecular complexity index is 1420. The Balaban J connectivity index is 1.62. The first-order valence-electron chi connectivity index (χ1n) is 14.1. The van der Waals surface area contributed by atoms with Crippen LogP contribution in [0.25, 0.3) is 23.5 Å². The van der Waals surface area contributed by atoms with Gasteiger partial charge in [0.25, 0.3) is 5.91 Å². The number of nitrogens with zero attached hydrogens (tertiary/aromatic N) is 3. The van der Waals surface area contributed by atoms with E-state index in [0.717, 1.165) is 46.1 Å². The molecular formula is C33H42N4O3. The number of carbonyl (C=O) groups is 1. The number of hydrogen-bond acceptors (Lipinski definition) is 5. The van der Waals surface area contributed by atoms with Crippen molar-refractivity contribution in [3.05, 3.63) is 82.9 Å². The predicted octanol–water partition coefficient (Wildman–Crippen LogP) is 3.83. The lowest BCUT2D eigenvalue weighted by Crippen LogP contribution is -2.31. The summed E-state index contributed by atoms with van der Waals surface area (Å²) >= 11 is 0. The molecule has 1 aliphatic rings. The van der Waals surface area contributed by atoms with Gasteiger partial charge in [-0.25, -0.2) is 0 Å². The highest BCUT2D eigenvalue weighted by atomic mass is 16.5. The summed E-state index contributed by atoms with van der Waals surface area (Å²) in [5.74, 6) is 1.38. The van der Waals surface area contributed by atoms with E-state index in [9.17, 15) is 4.79 Å². The molecule has 1 aliphatic heterocycles. The average Bonchev–Trinajstić information content (AvgIpc) is 3.61. The number of hydrogen-bond donors (Lipinski definition) is 1. The molecule has 0 unspecified atom stereocenters. The molecule has 0 saturated carbocycles. The third-order valence-electron chi connectivity index (χ3n) is 7.39. The second-order valence-corrected chi connectivity index (χ2v) is 10.2. The van der Waals surface area contributed by atoms with Gasteiger partial charge in [0, 0.05) is 43.8 Å². The molecule has 0 bridgehead atoms. The second-order valence-electron chi connectivity index (χ2n) is 10.2. The van der Waals surface area contributed by atoms with Gasteiger partial charge in [0.15, 0.2) is 0 Å². The van der Waals surface area contributed by atoms with E-state index in [1.807, 2.05) is 43.5 Å². The number of ether oxygens (including phenoxy) is 2. The second kappa shape index (κ2) is 13.9. The Kier molecular flexibility index (Phi) is 10.1. The van der Waals surface area contributed by atoms with Crippen LogP contribution < -0.4 is 25.8 Å². The Morgan fingerprint density at radius 2 is 1.88 bits per heavy atom. The van der Waals surface area contributed by atoms with Crippen LogP contribution in [0.5, 0.6) is 11.5 Å². The van der Waals surface area contributed by atoms with Gasteiger partial charge in [0.1, 0.15) is 18.1 Å². The molecule has 4 rings (SSSR count). The van der Waals surface area contributed by atoms with E-state index < -0.39 is 0 Å². The Hall–Kier alpha value is -3.97. The Labute approximate surface area is 237 Å². The van der Waals surface area contributed by atoms with Crippen molar-refractivity contribution in [3.8, 4) is 22.8 Å². The van der Waals surface area contributed by atoms with E-state index in [0.29, 0.717) is 31.0 Å². The highest BCUT2D eigenvalue weighted by Gasteiger charge is 2.18. The lowest BCUT2D eigenvalue weighted by molar-refractivity contribution is 0.0791. The largest absolute Gasteiger partial charge is 0.496 e. The fraction of sp³-hybridized carbons (Fsp3) is 0.364. The third-order valence-corrected chi connectivity index (χ3v) is 7.39. The van der Waals surface area contributed by atoms with Gasteiger partial charge in [0.05, 0.1) is 18.0 Å². The molecule has 1 saturated heterocycles. The van der Waals surface area contributed by atoms with Crippen LogP contribution in [0.3, 0.4) is 0 Å². The van der Waals surface area contributed by atoms with Gasteiger partial charge in [0.2, 0.25) is 0 Å². The van der Waals surface area contributed by atoms with Gasteiger partial charge < -0.3 is 24.7 Å². The fourth-order valence-corrected chi connectivity index (χ4v) is 5.30. The fourth-order valence-electron chi connectivity index (χ4n) is 5.30. The minimum atomic E-state index is -0.0477. The van der Waals surface area contributed by atoms with Crippen LogP contribution in [-0.4, -0.2) is 67.2 Å². The van der Waals surface area contributed by atoms with Crippen molar-refractivity contribution < 1.29 is 14.3 Å². The van der Waals surface area contributed by atoms with E-state index in [1.165, 1.54) is 25.9 Å². The van der Waals surface area contributed by atoms with Crippen LogP contribution in [0, 0.1) is 0 Å². The monoisotopic (exact) mass is 542 g/mol. The van der Waals surface area contributed by atoms with Gasteiger partial charge >= 0.3 is 0 Å². The maximum atomic E-state index is 13.0. The van der Waals surface area contributed by atoms with Gasteiger partial charge in [-0.2, -0.15) is 0 Å². The number of rotatable bonds is 12. The number of aromatic nitrogens is 1. The standard InChI is InChI=1S/C33H42N4O3/c1-5-9-27-22-30(26-11-13-28(14-12-26)40-20-19-36-17-7-8-18-36)37(31(27)23-34)24-25-10-15-29(32(21-25)39-4)33(38)35(3)16-6-2/h5,9-15,21-23H,1,6-8,16-20,24,34H2,2-4H3/b27-9-,31-23+. The van der Waals surface area contributed by atoms with Crippen LogP contribution in [0.2, 0.25) is 0 Å². The number of allylic oxidation sites excluding steroid dienone is 1. The van der Waals surface area contributed by atoms with Crippen molar-refractivity contribution in [3.63, 3.8) is 0 Å². The molecule has 1 aromatic heterocycles. The zero-order valence-corrected chi connectivity index (χ0v) is 24.1. The van der Waals surface area contributed by atoms with Crippen LogP contribution in [-0.2, 0) is 6.54 Å². The van der Waals surface area contributed by atoms with Crippen molar-refractivity contribution >= 4 is 18.2 Å². The minimum absolute atomic E-state index is 0.0477. The molecule has 0 atom stereocenters. The molecule has 0 aliphatic carbocycles. The van der Waals surface area contributed by atoms with Crippen molar-refractivity contribution in [1.29, 1.82) is 0 Å². The summed E-state index contributed by atoms with van der Waals surface area (Å²) in [6.45, 7) is 11.2. The first-order valence-corrected chi connectivity index (χ1v) is 14.1. The molecule has 212 valence electrons. The molecule has 7 heteroatoms. The molecule has 3 aromatic rings. The quantitative estimate of drug-likeness (QED) is 0.377. The van der Waals surface area contributed by atoms with Crippen molar-refractivity contribution in [2.75, 3.05) is 46.9 Å². The summed E-state index contributed by atoms with van der Waals surface area (Å²) < 4.78 is 13.8. The molecule has 0 spiro atoms. The number of amides is 1. The van der Waals surface area contributed by atoms with E-state index in [4.69, 9.17) is 15.2 Å². The number of benzene rings is 2. The smallest absolute Gasteiger partial charge is 0.257 e. The number of methoxy groups -OCH3 is 1. The van der Waals surface area contributed by atoms with E-state index >= 15 is 0 Å². The van der Waals surface area contributed by atoms with Crippen molar-refractivity contribution in [1.82, 2.24) is 14.4 Å². The molecule has 2 aromatic carbocycles. The number of nitrogens with two attached hydrogens (primary N) is 1. The maximum absolute atomic E-state index is 13.0. The number of likely N-dealkylation sites (tertiary alicyclic amines) is 1. The molecule has 2 heterocycles. The topological polar surface area (TPSA) is 73.0 Å². The van der Waals surface area contributed by atoms with Crippen LogP contribution in [0.1, 0.15) is 42.1 Å². The van der Waals surface area contributed by atoms with Gasteiger partial charge in [-0.1, -0.05) is 31.7 Å². The Morgan fingerprint density at radius 3 is 2.52 bits per heavy atom. The van der Waals surface area contributed by atoms with Crippen LogP contribution in [0.4, 0.5) is 0 Å². The highest BCUT2D eigenvalue weighted by Crippen LogP contribution is 2.25. The van der Waals surface area contributed by atoms with Crippen molar-refractivity contribution in [2.24, 2.45) is 5.73 Å². The lowest BCUT2D eigenvalue weighted by atomic mass is 10.1. The predicted molar refractivity (Wildman–Crippen MR) is 163 cm³/mol. The summed E-state index contributed by atoms with van der Waals surface area (Å²) in [6, 6.07) is 16.1. The van der Waals surface area contributed by atoms with E-state index in [1.54, 1.807) is 24.3 Å². The first-order chi connectivity index (χ1) is 19.5. The van der Waals surface area contributed by atoms with Gasteiger partial charge in [-0.05, 0) is 85.9 Å². The van der Waals surface area contributed by atoms with Crippen LogP contribution >= 0.6 is 0 Å². The summed E-state index contributed by atoms with van der Waals surface area (Å²) in [4.78, 5) is 17.1. The molecule has 1 amide bonds. The number of carbonyl (C=O) groups excluding carboxylic acids is 1. The molecular weight excluding hydrogens is 500 g/mol. The summed E-state index contributed by atoms with van der Waals surface area (Å²) in [6.07, 6.45) is 8.82. The van der Waals surface area contributed by atoms with Crippen molar-refractivity contribution in [2.45, 2.75) is 32.7 Å². The lowest BCUT2D eigenvalue weighted by Gasteiger charge is -2.19. The zero-order valence-electron chi connectivity index (χ0n) is 24.1. The average molecular weight is 543 g/mol. The minimum Gasteiger partial charge on any atom is -0.496 e. The van der Waals surface area contributed by atoms with Gasteiger partial charge in [-0.15, -0.1) is 0 Å². The first kappa shape index (κ1) is 29.0.